The lowest BCUT2D eigenvalue weighted by Gasteiger charge is -2.35. The first-order valence-corrected chi connectivity index (χ1v) is 19.7. The predicted octanol–water partition coefficient (Wildman–Crippen LogP) is 3.39. The maximum atomic E-state index is 14.5. The van der Waals surface area contributed by atoms with E-state index in [4.69, 9.17) is 4.74 Å². The van der Waals surface area contributed by atoms with Crippen molar-refractivity contribution in [1.82, 2.24) is 31.1 Å². The van der Waals surface area contributed by atoms with Gasteiger partial charge in [0.25, 0.3) is 5.91 Å². The van der Waals surface area contributed by atoms with Crippen molar-refractivity contribution in [3.8, 4) is 0 Å². The van der Waals surface area contributed by atoms with Gasteiger partial charge in [-0.3, -0.25) is 28.8 Å². The second-order valence-corrected chi connectivity index (χ2v) is 15.9. The van der Waals surface area contributed by atoms with Gasteiger partial charge in [-0.15, -0.1) is 0 Å². The number of carbonyl (C=O) groups excluding carboxylic acids is 7. The predicted molar refractivity (Wildman–Crippen MR) is 202 cm³/mol. The number of likely N-dealkylation sites (N-methyl/N-ethyl adjacent to an activating group) is 1. The third-order valence-corrected chi connectivity index (χ3v) is 10.9. The highest BCUT2D eigenvalue weighted by Crippen LogP contribution is 2.48. The SMILES string of the molecule is CCCC(NC(=O)[C@@H]1CC2(CCCC2)CN1C(=O)[C@@H](NC(=O)OCC(C)C)C1CCCCC1)C(=O)C(=O)NCC(=O)NC(C(=O)N(C)C)c1ccccc1. The average Bonchev–Trinajstić information content (AvgIpc) is 3.80. The van der Waals surface area contributed by atoms with E-state index in [0.717, 1.165) is 57.8 Å². The summed E-state index contributed by atoms with van der Waals surface area (Å²) in [6, 6.07) is 4.75. The van der Waals surface area contributed by atoms with E-state index in [-0.39, 0.29) is 42.1 Å². The first kappa shape index (κ1) is 42.3. The fourth-order valence-corrected chi connectivity index (χ4v) is 8.08. The molecule has 0 radical (unpaired) electrons. The van der Waals surface area contributed by atoms with Gasteiger partial charge in [-0.2, -0.15) is 0 Å². The van der Waals surface area contributed by atoms with Crippen molar-refractivity contribution in [1.29, 1.82) is 0 Å². The first-order valence-electron chi connectivity index (χ1n) is 19.7. The number of nitrogens with zero attached hydrogens (tertiary/aromatic N) is 2. The monoisotopic (exact) mass is 752 g/mol. The Morgan fingerprint density at radius 2 is 1.57 bits per heavy atom. The molecule has 3 fully saturated rings. The minimum absolute atomic E-state index is 0.0963. The number of benzene rings is 1. The number of hydrogen-bond acceptors (Lipinski definition) is 8. The molecular weight excluding hydrogens is 692 g/mol. The summed E-state index contributed by atoms with van der Waals surface area (Å²) < 4.78 is 5.41. The van der Waals surface area contributed by atoms with Crippen LogP contribution in [-0.4, -0.2) is 103 Å². The molecule has 0 aromatic heterocycles. The topological polar surface area (TPSA) is 183 Å². The zero-order valence-corrected chi connectivity index (χ0v) is 32.6. The molecule has 1 heterocycles. The maximum absolute atomic E-state index is 14.5. The number of Topliss-reactive ketones (excluding diaryl/α,β-unsaturated/α-hetero) is 1. The summed E-state index contributed by atoms with van der Waals surface area (Å²) in [7, 11) is 3.14. The number of rotatable bonds is 16. The summed E-state index contributed by atoms with van der Waals surface area (Å²) in [4.78, 5) is 96.9. The Kier molecular flexibility index (Phi) is 15.4. The molecule has 2 aliphatic carbocycles. The first-order chi connectivity index (χ1) is 25.7. The number of ether oxygens (including phenoxy) is 1. The molecule has 1 spiro atoms. The summed E-state index contributed by atoms with van der Waals surface area (Å²) in [6.07, 6.45) is 8.60. The molecule has 3 aliphatic rings. The molecule has 2 unspecified atom stereocenters. The van der Waals surface area contributed by atoms with Gasteiger partial charge in [0.15, 0.2) is 0 Å². The molecular formula is C40H60N6O8. The van der Waals surface area contributed by atoms with Crippen LogP contribution in [0.5, 0.6) is 0 Å². The molecule has 6 amide bonds. The Balaban J connectivity index is 1.46. The lowest BCUT2D eigenvalue weighted by atomic mass is 9.83. The summed E-state index contributed by atoms with van der Waals surface area (Å²) in [5, 5.41) is 10.6. The van der Waals surface area contributed by atoms with E-state index >= 15 is 0 Å². The Labute approximate surface area is 319 Å². The van der Waals surface area contributed by atoms with Crippen molar-refractivity contribution in [2.75, 3.05) is 33.8 Å². The maximum Gasteiger partial charge on any atom is 0.407 e. The fourth-order valence-electron chi connectivity index (χ4n) is 8.08. The molecule has 1 saturated heterocycles. The van der Waals surface area contributed by atoms with Crippen molar-refractivity contribution >= 4 is 41.4 Å². The van der Waals surface area contributed by atoms with E-state index in [2.05, 4.69) is 21.3 Å². The molecule has 1 aromatic carbocycles. The molecule has 298 valence electrons. The van der Waals surface area contributed by atoms with Crippen molar-refractivity contribution in [3.05, 3.63) is 35.9 Å². The van der Waals surface area contributed by atoms with Crippen LogP contribution in [-0.2, 0) is 33.5 Å². The molecule has 1 aliphatic heterocycles. The van der Waals surface area contributed by atoms with Crippen LogP contribution in [0.3, 0.4) is 0 Å². The third-order valence-electron chi connectivity index (χ3n) is 10.9. The van der Waals surface area contributed by atoms with Gasteiger partial charge in [-0.1, -0.05) is 89.6 Å². The molecule has 14 heteroatoms. The normalized spacial score (nSPS) is 19.7. The van der Waals surface area contributed by atoms with E-state index in [9.17, 15) is 33.6 Å². The van der Waals surface area contributed by atoms with Gasteiger partial charge < -0.3 is 35.8 Å². The lowest BCUT2D eigenvalue weighted by molar-refractivity contribution is -0.143. The quantitative estimate of drug-likeness (QED) is 0.185. The third kappa shape index (κ3) is 11.3. The molecule has 4 atom stereocenters. The number of amides is 6. The Morgan fingerprint density at radius 1 is 0.907 bits per heavy atom. The molecule has 1 aromatic rings. The molecule has 2 saturated carbocycles. The summed E-state index contributed by atoms with van der Waals surface area (Å²) in [5.74, 6) is -3.83. The van der Waals surface area contributed by atoms with E-state index in [1.54, 1.807) is 49.3 Å². The zero-order valence-electron chi connectivity index (χ0n) is 32.6. The van der Waals surface area contributed by atoms with Crippen LogP contribution in [0, 0.1) is 17.3 Å². The van der Waals surface area contributed by atoms with Crippen molar-refractivity contribution in [3.63, 3.8) is 0 Å². The number of nitrogens with one attached hydrogen (secondary N) is 4. The summed E-state index contributed by atoms with van der Waals surface area (Å²) >= 11 is 0. The Hall–Kier alpha value is -4.49. The average molecular weight is 753 g/mol. The van der Waals surface area contributed by atoms with Gasteiger partial charge in [0.1, 0.15) is 18.1 Å². The second-order valence-electron chi connectivity index (χ2n) is 15.9. The number of carbonyl (C=O) groups is 7. The Bertz CT molecular complexity index is 1490. The zero-order chi connectivity index (χ0) is 39.4. The lowest BCUT2D eigenvalue weighted by Crippen LogP contribution is -2.58. The Morgan fingerprint density at radius 3 is 2.19 bits per heavy atom. The molecule has 4 N–H and O–H groups in total. The van der Waals surface area contributed by atoms with Gasteiger partial charge in [0.2, 0.25) is 29.4 Å². The molecule has 14 nitrogen and oxygen atoms in total. The number of hydrogen-bond donors (Lipinski definition) is 4. The van der Waals surface area contributed by atoms with Gasteiger partial charge in [-0.05, 0) is 61.3 Å². The highest BCUT2D eigenvalue weighted by atomic mass is 16.5. The van der Waals surface area contributed by atoms with Gasteiger partial charge in [0, 0.05) is 20.6 Å². The van der Waals surface area contributed by atoms with E-state index < -0.39 is 60.3 Å². The van der Waals surface area contributed by atoms with Crippen LogP contribution in [0.2, 0.25) is 0 Å². The van der Waals surface area contributed by atoms with E-state index in [1.807, 2.05) is 20.8 Å². The summed E-state index contributed by atoms with van der Waals surface area (Å²) in [6.45, 7) is 5.70. The minimum Gasteiger partial charge on any atom is -0.449 e. The van der Waals surface area contributed by atoms with Crippen molar-refractivity contribution in [2.45, 2.75) is 122 Å². The van der Waals surface area contributed by atoms with Crippen LogP contribution < -0.4 is 21.3 Å². The standard InChI is InChI=1S/C40H60N6O8/c1-6-15-29(34(48)36(50)41-23-31(47)43-32(37(51)45(4)5)27-16-9-7-10-17-27)42-35(49)30-22-40(20-13-14-21-40)25-46(30)38(52)33(28-18-11-8-12-19-28)44-39(53)54-24-26(2)3/h7,9-10,16-17,26,28-30,32-33H,6,8,11-15,18-25H2,1-5H3,(H,41,50)(H,42,49)(H,43,47)(H,44,53)/t29?,30-,32?,33-/m0/s1. The highest BCUT2D eigenvalue weighted by molar-refractivity contribution is 6.38. The van der Waals surface area contributed by atoms with Gasteiger partial charge in [-0.25, -0.2) is 4.79 Å². The largest absolute Gasteiger partial charge is 0.449 e. The van der Waals surface area contributed by atoms with E-state index in [1.165, 1.54) is 4.90 Å². The van der Waals surface area contributed by atoms with Crippen LogP contribution in [0.1, 0.15) is 109 Å². The van der Waals surface area contributed by atoms with Crippen molar-refractivity contribution in [2.24, 2.45) is 17.3 Å². The van der Waals surface area contributed by atoms with Crippen LogP contribution >= 0.6 is 0 Å². The van der Waals surface area contributed by atoms with Gasteiger partial charge >= 0.3 is 6.09 Å². The fraction of sp³-hybridized carbons (Fsp3) is 0.675. The number of alkyl carbamates (subject to hydrolysis) is 1. The van der Waals surface area contributed by atoms with Crippen LogP contribution in [0.15, 0.2) is 30.3 Å². The number of likely N-dealkylation sites (tertiary alicyclic amines) is 1. The highest BCUT2D eigenvalue weighted by Gasteiger charge is 2.52. The van der Waals surface area contributed by atoms with E-state index in [0.29, 0.717) is 24.9 Å². The summed E-state index contributed by atoms with van der Waals surface area (Å²) in [5.41, 5.74) is 0.316. The van der Waals surface area contributed by atoms with Crippen molar-refractivity contribution < 1.29 is 38.3 Å². The van der Waals surface area contributed by atoms with Gasteiger partial charge in [0.05, 0.1) is 19.2 Å². The molecule has 0 bridgehead atoms. The van der Waals surface area contributed by atoms with Crippen LogP contribution in [0.25, 0.3) is 0 Å². The van der Waals surface area contributed by atoms with Crippen LogP contribution in [0.4, 0.5) is 4.79 Å². The number of ketones is 1. The molecule has 4 rings (SSSR count). The minimum atomic E-state index is -1.19. The smallest absolute Gasteiger partial charge is 0.407 e. The second kappa shape index (κ2) is 19.7. The molecule has 54 heavy (non-hydrogen) atoms.